The van der Waals surface area contributed by atoms with E-state index < -0.39 is 0 Å². The highest BCUT2D eigenvalue weighted by molar-refractivity contribution is 6.13. The fourth-order valence-corrected chi connectivity index (χ4v) is 3.30. The zero-order valence-electron chi connectivity index (χ0n) is 15.1. The van der Waals surface area contributed by atoms with Crippen molar-refractivity contribution in [1.29, 1.82) is 0 Å². The highest BCUT2D eigenvalue weighted by atomic mass is 16.3. The van der Waals surface area contributed by atoms with Gasteiger partial charge in [-0.2, -0.15) is 4.98 Å². The number of amides is 1. The maximum Gasteiger partial charge on any atom is 0.292 e. The number of aromatic hydroxyl groups is 1. The number of anilines is 1. The summed E-state index contributed by atoms with van der Waals surface area (Å²) in [6.45, 7) is 0. The number of carbonyl (C=O) groups excluding carboxylic acids is 1. The average Bonchev–Trinajstić information content (AvgIpc) is 3.13. The molecule has 3 heterocycles. The summed E-state index contributed by atoms with van der Waals surface area (Å²) >= 11 is 0. The fourth-order valence-electron chi connectivity index (χ4n) is 3.30. The molecule has 0 aliphatic carbocycles. The number of pyridine rings is 2. The average molecular weight is 381 g/mol. The molecule has 0 fully saturated rings. The van der Waals surface area contributed by atoms with Gasteiger partial charge in [-0.05, 0) is 42.5 Å². The van der Waals surface area contributed by atoms with E-state index in [-0.39, 0.29) is 11.9 Å². The summed E-state index contributed by atoms with van der Waals surface area (Å²) in [4.78, 5) is 28.6. The minimum absolute atomic E-state index is 0.162. The van der Waals surface area contributed by atoms with Crippen LogP contribution in [0.4, 0.5) is 5.69 Å². The second-order valence-electron chi connectivity index (χ2n) is 6.56. The smallest absolute Gasteiger partial charge is 0.292 e. The molecule has 29 heavy (non-hydrogen) atoms. The number of benzene rings is 2. The lowest BCUT2D eigenvalue weighted by molar-refractivity contribution is 0.102. The van der Waals surface area contributed by atoms with E-state index >= 15 is 0 Å². The summed E-state index contributed by atoms with van der Waals surface area (Å²) in [5.74, 6) is -0.253. The Bertz CT molecular complexity index is 1360. The third-order valence-electron chi connectivity index (χ3n) is 4.65. The van der Waals surface area contributed by atoms with Crippen molar-refractivity contribution >= 4 is 33.5 Å². The van der Waals surface area contributed by atoms with Crippen LogP contribution in [0.15, 0.2) is 73.1 Å². The molecule has 1 amide bonds. The molecule has 3 N–H and O–H groups in total. The number of carbonyl (C=O) groups is 1. The van der Waals surface area contributed by atoms with Crippen molar-refractivity contribution in [2.75, 3.05) is 5.32 Å². The first-order valence-corrected chi connectivity index (χ1v) is 8.98. The number of rotatable bonds is 3. The van der Waals surface area contributed by atoms with Crippen molar-refractivity contribution in [1.82, 2.24) is 19.9 Å². The summed E-state index contributed by atoms with van der Waals surface area (Å²) in [6.07, 6.45) is 3.42. The van der Waals surface area contributed by atoms with Gasteiger partial charge in [0, 0.05) is 29.0 Å². The number of hydrogen-bond acceptors (Lipinski definition) is 5. The molecule has 0 spiro atoms. The normalized spacial score (nSPS) is 11.0. The predicted octanol–water partition coefficient (Wildman–Crippen LogP) is 4.13. The molecular weight excluding hydrogens is 366 g/mol. The Kier molecular flexibility index (Phi) is 3.91. The van der Waals surface area contributed by atoms with Crippen molar-refractivity contribution in [2.24, 2.45) is 0 Å². The van der Waals surface area contributed by atoms with Gasteiger partial charge < -0.3 is 15.4 Å². The van der Waals surface area contributed by atoms with Gasteiger partial charge in [-0.1, -0.05) is 18.2 Å². The Morgan fingerprint density at radius 2 is 1.86 bits per heavy atom. The molecule has 5 aromatic rings. The third-order valence-corrected chi connectivity index (χ3v) is 4.65. The molecule has 0 aliphatic heterocycles. The van der Waals surface area contributed by atoms with E-state index in [1.165, 1.54) is 0 Å². The number of para-hydroxylation sites is 1. The number of nitrogens with zero attached hydrogens (tertiary/aromatic N) is 3. The quantitative estimate of drug-likeness (QED) is 0.436. The standard InChI is InChI=1S/C22H15N5O2/c28-21(24-14-7-8-18-20(10-14)27-22(29)26-18)16-11-19(13-4-3-9-23-12-13)25-17-6-2-1-5-15(16)17/h1-12H,(H,24,28)(H2,26,27,29). The summed E-state index contributed by atoms with van der Waals surface area (Å²) in [5.41, 5.74) is 4.60. The second kappa shape index (κ2) is 6.72. The van der Waals surface area contributed by atoms with E-state index in [1.807, 2.05) is 36.4 Å². The summed E-state index contributed by atoms with van der Waals surface area (Å²) < 4.78 is 0. The Labute approximate surface area is 165 Å². The molecule has 0 unspecified atom stereocenters. The second-order valence-corrected chi connectivity index (χ2v) is 6.56. The third kappa shape index (κ3) is 3.14. The van der Waals surface area contributed by atoms with Crippen LogP contribution in [0, 0.1) is 0 Å². The van der Waals surface area contributed by atoms with Gasteiger partial charge in [-0.25, -0.2) is 4.98 Å². The van der Waals surface area contributed by atoms with E-state index in [9.17, 15) is 9.90 Å². The van der Waals surface area contributed by atoms with Crippen molar-refractivity contribution in [3.8, 4) is 17.3 Å². The molecule has 2 aromatic carbocycles. The van der Waals surface area contributed by atoms with Gasteiger partial charge in [0.15, 0.2) is 0 Å². The van der Waals surface area contributed by atoms with E-state index in [0.717, 1.165) is 16.5 Å². The molecule has 140 valence electrons. The van der Waals surface area contributed by atoms with Crippen LogP contribution in [0.2, 0.25) is 0 Å². The number of hydrogen-bond donors (Lipinski definition) is 3. The molecule has 0 bridgehead atoms. The molecule has 0 saturated carbocycles. The van der Waals surface area contributed by atoms with Gasteiger partial charge in [0.1, 0.15) is 0 Å². The Hall–Kier alpha value is -4.26. The highest BCUT2D eigenvalue weighted by Gasteiger charge is 2.15. The molecule has 7 nitrogen and oxygen atoms in total. The largest absolute Gasteiger partial charge is 0.480 e. The fraction of sp³-hybridized carbons (Fsp3) is 0. The number of nitrogens with one attached hydrogen (secondary N) is 2. The SMILES string of the molecule is O=C(Nc1ccc2nc(O)[nH]c2c1)c1cc(-c2cccnc2)nc2ccccc12. The zero-order chi connectivity index (χ0) is 19.8. The first-order chi connectivity index (χ1) is 14.2. The van der Waals surface area contributed by atoms with Gasteiger partial charge in [0.2, 0.25) is 0 Å². The maximum atomic E-state index is 13.1. The van der Waals surface area contributed by atoms with Crippen LogP contribution in [-0.2, 0) is 0 Å². The molecule has 7 heteroatoms. The van der Waals surface area contributed by atoms with Crippen LogP contribution in [0.3, 0.4) is 0 Å². The minimum atomic E-state index is -0.253. The first kappa shape index (κ1) is 16.9. The Morgan fingerprint density at radius 1 is 0.966 bits per heavy atom. The van der Waals surface area contributed by atoms with E-state index in [4.69, 9.17) is 0 Å². The molecule has 0 saturated heterocycles. The van der Waals surface area contributed by atoms with Gasteiger partial charge in [0.25, 0.3) is 11.9 Å². The maximum absolute atomic E-state index is 13.1. The monoisotopic (exact) mass is 381 g/mol. The van der Waals surface area contributed by atoms with Crippen LogP contribution >= 0.6 is 0 Å². The topological polar surface area (TPSA) is 104 Å². The lowest BCUT2D eigenvalue weighted by atomic mass is 10.0. The molecular formula is C22H15N5O2. The summed E-state index contributed by atoms with van der Waals surface area (Å²) in [6, 6.07) is 18.1. The van der Waals surface area contributed by atoms with Gasteiger partial charge in [0.05, 0.1) is 27.8 Å². The van der Waals surface area contributed by atoms with Gasteiger partial charge >= 0.3 is 0 Å². The van der Waals surface area contributed by atoms with E-state index in [2.05, 4.69) is 25.3 Å². The van der Waals surface area contributed by atoms with Crippen LogP contribution < -0.4 is 5.32 Å². The summed E-state index contributed by atoms with van der Waals surface area (Å²) in [7, 11) is 0. The van der Waals surface area contributed by atoms with E-state index in [1.54, 1.807) is 36.7 Å². The summed E-state index contributed by atoms with van der Waals surface area (Å²) in [5, 5.41) is 13.2. The predicted molar refractivity (Wildman–Crippen MR) is 111 cm³/mol. The van der Waals surface area contributed by atoms with Crippen molar-refractivity contribution < 1.29 is 9.90 Å². The van der Waals surface area contributed by atoms with Crippen LogP contribution in [-0.4, -0.2) is 30.9 Å². The number of imidazole rings is 1. The number of aromatic amines is 1. The van der Waals surface area contributed by atoms with E-state index in [0.29, 0.717) is 28.0 Å². The van der Waals surface area contributed by atoms with Gasteiger partial charge in [-0.15, -0.1) is 0 Å². The van der Waals surface area contributed by atoms with Gasteiger partial charge in [-0.3, -0.25) is 9.78 Å². The Balaban J connectivity index is 1.57. The Morgan fingerprint density at radius 3 is 2.72 bits per heavy atom. The van der Waals surface area contributed by atoms with Crippen LogP contribution in [0.1, 0.15) is 10.4 Å². The number of aromatic nitrogens is 4. The van der Waals surface area contributed by atoms with Crippen molar-refractivity contribution in [3.63, 3.8) is 0 Å². The van der Waals surface area contributed by atoms with Crippen LogP contribution in [0.25, 0.3) is 33.2 Å². The number of fused-ring (bicyclic) bond motifs is 2. The molecule has 0 radical (unpaired) electrons. The van der Waals surface area contributed by atoms with Crippen molar-refractivity contribution in [2.45, 2.75) is 0 Å². The first-order valence-electron chi connectivity index (χ1n) is 8.98. The van der Waals surface area contributed by atoms with Crippen LogP contribution in [0.5, 0.6) is 6.01 Å². The zero-order valence-corrected chi connectivity index (χ0v) is 15.1. The lowest BCUT2D eigenvalue weighted by Crippen LogP contribution is -2.13. The number of H-pyrrole nitrogens is 1. The van der Waals surface area contributed by atoms with Crippen molar-refractivity contribution in [3.05, 3.63) is 78.6 Å². The molecule has 3 aromatic heterocycles. The molecule has 5 rings (SSSR count). The highest BCUT2D eigenvalue weighted by Crippen LogP contribution is 2.26. The minimum Gasteiger partial charge on any atom is -0.480 e. The lowest BCUT2D eigenvalue weighted by Gasteiger charge is -2.10. The molecule has 0 atom stereocenters. The molecule has 0 aliphatic rings.